The average Bonchev–Trinajstić information content (AvgIpc) is 2.63. The van der Waals surface area contributed by atoms with Gasteiger partial charge >= 0.3 is 0 Å². The lowest BCUT2D eigenvalue weighted by molar-refractivity contribution is -0.0360. The smallest absolute Gasteiger partial charge is 0.0228 e. The topological polar surface area (TPSA) is 0 Å². The van der Waals surface area contributed by atoms with E-state index in [4.69, 9.17) is 0 Å². The number of fused-ring (bicyclic) bond motifs is 1. The number of hydrogen-bond acceptors (Lipinski definition) is 0. The van der Waals surface area contributed by atoms with Gasteiger partial charge in [-0.1, -0.05) is 66.5 Å². The Kier molecular flexibility index (Phi) is 4.72. The zero-order valence-corrected chi connectivity index (χ0v) is 14.7. The van der Waals surface area contributed by atoms with E-state index in [0.717, 1.165) is 23.7 Å². The molecule has 0 aromatic rings. The van der Waals surface area contributed by atoms with Crippen molar-refractivity contribution in [1.82, 2.24) is 0 Å². The summed E-state index contributed by atoms with van der Waals surface area (Å²) < 4.78 is 0. The third kappa shape index (κ3) is 2.60. The van der Waals surface area contributed by atoms with Gasteiger partial charge in [-0.15, -0.1) is 0 Å². The molecule has 2 aliphatic carbocycles. The predicted octanol–water partition coefficient (Wildman–Crippen LogP) is 6.47. The van der Waals surface area contributed by atoms with E-state index >= 15 is 0 Å². The highest BCUT2D eigenvalue weighted by Gasteiger charge is 2.58. The zero-order chi connectivity index (χ0) is 15.0. The van der Waals surface area contributed by atoms with Crippen LogP contribution in [-0.2, 0) is 0 Å². The maximum atomic E-state index is 2.62. The summed E-state index contributed by atoms with van der Waals surface area (Å²) in [7, 11) is 0. The molecule has 0 saturated heterocycles. The molecule has 5 unspecified atom stereocenters. The minimum absolute atomic E-state index is 0.576. The Hall–Kier alpha value is -0.260. The lowest BCUT2D eigenvalue weighted by atomic mass is 9.52. The Morgan fingerprint density at radius 3 is 2.40 bits per heavy atom. The highest BCUT2D eigenvalue weighted by atomic mass is 14.6. The summed E-state index contributed by atoms with van der Waals surface area (Å²) in [5, 5.41) is 0. The maximum absolute atomic E-state index is 2.62. The largest absolute Gasteiger partial charge is 0.0880 e. The molecule has 116 valence electrons. The number of hydrogen-bond donors (Lipinski definition) is 0. The van der Waals surface area contributed by atoms with E-state index in [1.807, 2.05) is 0 Å². The fourth-order valence-corrected chi connectivity index (χ4v) is 5.40. The summed E-state index contributed by atoms with van der Waals surface area (Å²) in [6.07, 6.45) is 13.5. The molecule has 0 nitrogen and oxygen atoms in total. The molecule has 0 aromatic carbocycles. The first-order chi connectivity index (χ1) is 9.31. The van der Waals surface area contributed by atoms with Crippen LogP contribution in [0, 0.1) is 34.5 Å². The summed E-state index contributed by atoms with van der Waals surface area (Å²) >= 11 is 0. The highest BCUT2D eigenvalue weighted by Crippen LogP contribution is 2.66. The summed E-state index contributed by atoms with van der Waals surface area (Å²) in [5.41, 5.74) is 1.17. The number of rotatable bonds is 4. The molecular formula is C20H36. The van der Waals surface area contributed by atoms with Crippen LogP contribution < -0.4 is 0 Å². The van der Waals surface area contributed by atoms with Crippen LogP contribution in [0.5, 0.6) is 0 Å². The van der Waals surface area contributed by atoms with Crippen LogP contribution in [0.25, 0.3) is 0 Å². The molecule has 5 atom stereocenters. The fourth-order valence-electron chi connectivity index (χ4n) is 5.40. The van der Waals surface area contributed by atoms with E-state index < -0.39 is 0 Å². The van der Waals surface area contributed by atoms with Crippen LogP contribution >= 0.6 is 0 Å². The molecule has 2 saturated carbocycles. The quantitative estimate of drug-likeness (QED) is 0.516. The normalized spacial score (nSPS) is 43.1. The van der Waals surface area contributed by atoms with Crippen LogP contribution in [0.2, 0.25) is 0 Å². The number of allylic oxidation sites excluding steroid dienone is 2. The van der Waals surface area contributed by atoms with Crippen molar-refractivity contribution >= 4 is 0 Å². The molecule has 0 N–H and O–H groups in total. The van der Waals surface area contributed by atoms with Crippen molar-refractivity contribution in [2.75, 3.05) is 0 Å². The van der Waals surface area contributed by atoms with Crippen LogP contribution in [0.15, 0.2) is 12.2 Å². The van der Waals surface area contributed by atoms with Crippen LogP contribution in [0.1, 0.15) is 80.1 Å². The molecule has 0 aliphatic heterocycles. The van der Waals surface area contributed by atoms with Gasteiger partial charge in [-0.3, -0.25) is 0 Å². The Morgan fingerprint density at radius 2 is 1.75 bits per heavy atom. The molecule has 0 heterocycles. The van der Waals surface area contributed by atoms with Crippen molar-refractivity contribution in [2.24, 2.45) is 34.5 Å². The van der Waals surface area contributed by atoms with Crippen molar-refractivity contribution in [1.29, 1.82) is 0 Å². The third-order valence-electron chi connectivity index (χ3n) is 7.20. The molecule has 0 amide bonds. The van der Waals surface area contributed by atoms with E-state index in [0.29, 0.717) is 10.8 Å². The molecule has 0 aromatic heterocycles. The zero-order valence-electron chi connectivity index (χ0n) is 14.7. The van der Waals surface area contributed by atoms with E-state index in [-0.39, 0.29) is 0 Å². The van der Waals surface area contributed by atoms with E-state index in [9.17, 15) is 0 Å². The third-order valence-corrected chi connectivity index (χ3v) is 7.20. The molecular weight excluding hydrogens is 240 g/mol. The van der Waals surface area contributed by atoms with Gasteiger partial charge < -0.3 is 0 Å². The minimum Gasteiger partial charge on any atom is -0.0880 e. The summed E-state index contributed by atoms with van der Waals surface area (Å²) in [6.45, 7) is 14.8. The molecule has 0 bridgehead atoms. The van der Waals surface area contributed by atoms with Gasteiger partial charge in [0.05, 0.1) is 0 Å². The molecule has 0 radical (unpaired) electrons. The van der Waals surface area contributed by atoms with Gasteiger partial charge in [0, 0.05) is 0 Å². The monoisotopic (exact) mass is 276 g/mol. The Morgan fingerprint density at radius 1 is 1.05 bits per heavy atom. The van der Waals surface area contributed by atoms with E-state index in [2.05, 4.69) is 53.7 Å². The van der Waals surface area contributed by atoms with E-state index in [1.165, 1.54) is 38.5 Å². The fraction of sp³-hybridized carbons (Fsp3) is 0.900. The standard InChI is InChI=1S/C20H36/c1-15(2)9-7-10-16(3)18-12-14-19(5)17(4)11-8-13-20(18,19)6/h7,10,15-18H,8-9,11-14H2,1-6H3/b10-7+. The first-order valence-corrected chi connectivity index (χ1v) is 8.98. The lowest BCUT2D eigenvalue weighted by Gasteiger charge is -2.53. The average molecular weight is 277 g/mol. The van der Waals surface area contributed by atoms with Crippen LogP contribution in [0.3, 0.4) is 0 Å². The Balaban J connectivity index is 2.12. The molecule has 0 heteroatoms. The maximum Gasteiger partial charge on any atom is -0.0228 e. The van der Waals surface area contributed by atoms with Gasteiger partial charge in [0.25, 0.3) is 0 Å². The first-order valence-electron chi connectivity index (χ1n) is 8.98. The van der Waals surface area contributed by atoms with Crippen LogP contribution in [-0.4, -0.2) is 0 Å². The highest BCUT2D eigenvalue weighted by molar-refractivity contribution is 5.10. The second kappa shape index (κ2) is 5.85. The van der Waals surface area contributed by atoms with Gasteiger partial charge in [0.1, 0.15) is 0 Å². The van der Waals surface area contributed by atoms with Crippen molar-refractivity contribution in [3.8, 4) is 0 Å². The SMILES string of the molecule is CC(C)C/C=C/C(C)C1CCC2(C)C(C)CCCC12C. The van der Waals surface area contributed by atoms with Crippen molar-refractivity contribution in [3.05, 3.63) is 12.2 Å². The predicted molar refractivity (Wildman–Crippen MR) is 89.7 cm³/mol. The summed E-state index contributed by atoms with van der Waals surface area (Å²) in [4.78, 5) is 0. The van der Waals surface area contributed by atoms with Crippen molar-refractivity contribution in [2.45, 2.75) is 80.1 Å². The minimum atomic E-state index is 0.576. The Labute approximate surface area is 127 Å². The lowest BCUT2D eigenvalue weighted by Crippen LogP contribution is -2.45. The van der Waals surface area contributed by atoms with Crippen LogP contribution in [0.4, 0.5) is 0 Å². The van der Waals surface area contributed by atoms with Gasteiger partial charge in [-0.05, 0) is 60.2 Å². The Bertz CT molecular complexity index is 353. The van der Waals surface area contributed by atoms with Gasteiger partial charge in [-0.25, -0.2) is 0 Å². The van der Waals surface area contributed by atoms with Gasteiger partial charge in [0.15, 0.2) is 0 Å². The first kappa shape index (κ1) is 16.1. The second-order valence-corrected chi connectivity index (χ2v) is 8.69. The van der Waals surface area contributed by atoms with Crippen molar-refractivity contribution < 1.29 is 0 Å². The van der Waals surface area contributed by atoms with Crippen molar-refractivity contribution in [3.63, 3.8) is 0 Å². The van der Waals surface area contributed by atoms with E-state index in [1.54, 1.807) is 0 Å². The molecule has 2 fully saturated rings. The summed E-state index contributed by atoms with van der Waals surface area (Å²) in [6, 6.07) is 0. The molecule has 2 aliphatic rings. The van der Waals surface area contributed by atoms with Gasteiger partial charge in [-0.2, -0.15) is 0 Å². The second-order valence-electron chi connectivity index (χ2n) is 8.69. The molecule has 0 spiro atoms. The van der Waals surface area contributed by atoms with Gasteiger partial charge in [0.2, 0.25) is 0 Å². The molecule has 2 rings (SSSR count). The molecule has 20 heavy (non-hydrogen) atoms. The summed E-state index contributed by atoms with van der Waals surface area (Å²) in [5.74, 6) is 3.36.